The molecule has 0 saturated carbocycles. The topological polar surface area (TPSA) is 66.4 Å². The molecule has 0 unspecified atom stereocenters. The van der Waals surface area contributed by atoms with Crippen LogP contribution in [0, 0.1) is 5.92 Å². The second-order valence-electron chi connectivity index (χ2n) is 6.58. The van der Waals surface area contributed by atoms with Gasteiger partial charge in [0.1, 0.15) is 5.82 Å². The molecule has 1 aromatic carbocycles. The third-order valence-electron chi connectivity index (χ3n) is 4.72. The van der Waals surface area contributed by atoms with Gasteiger partial charge in [0.2, 0.25) is 5.91 Å². The molecule has 140 valence electrons. The smallest absolute Gasteiger partial charge is 0.253 e. The average Bonchev–Trinajstić information content (AvgIpc) is 3.16. The quantitative estimate of drug-likeness (QED) is 0.743. The van der Waals surface area contributed by atoms with Crippen LogP contribution in [0.15, 0.2) is 49.3 Å². The van der Waals surface area contributed by atoms with Gasteiger partial charge in [-0.05, 0) is 42.7 Å². The minimum Gasteiger partial charge on any atom is -0.338 e. The number of amides is 2. The number of anilines is 1. The summed E-state index contributed by atoms with van der Waals surface area (Å²) in [4.78, 5) is 36.2. The molecule has 0 radical (unpaired) electrons. The van der Waals surface area contributed by atoms with Gasteiger partial charge in [-0.2, -0.15) is 0 Å². The number of carbonyl (C=O) groups is 2. The van der Waals surface area contributed by atoms with Gasteiger partial charge in [0.05, 0.1) is 5.02 Å². The third-order valence-corrected chi connectivity index (χ3v) is 4.92. The fourth-order valence-corrected chi connectivity index (χ4v) is 3.26. The third kappa shape index (κ3) is 4.52. The molecule has 0 spiro atoms. The number of aromatic nitrogens is 2. The van der Waals surface area contributed by atoms with Gasteiger partial charge in [-0.3, -0.25) is 9.59 Å². The zero-order chi connectivity index (χ0) is 19.4. The molecule has 7 heteroatoms. The predicted octanol–water partition coefficient (Wildman–Crippen LogP) is 2.98. The van der Waals surface area contributed by atoms with Gasteiger partial charge in [-0.25, -0.2) is 9.97 Å². The van der Waals surface area contributed by atoms with Crippen molar-refractivity contribution >= 4 is 29.1 Å². The number of halogens is 1. The second kappa shape index (κ2) is 8.31. The monoisotopic (exact) mass is 384 g/mol. The van der Waals surface area contributed by atoms with Gasteiger partial charge in [0, 0.05) is 50.2 Å². The Morgan fingerprint density at radius 2 is 1.96 bits per heavy atom. The van der Waals surface area contributed by atoms with Crippen LogP contribution in [-0.2, 0) is 11.2 Å². The average molecular weight is 385 g/mol. The lowest BCUT2D eigenvalue weighted by atomic mass is 10.0. The van der Waals surface area contributed by atoms with Crippen molar-refractivity contribution in [3.05, 3.63) is 65.7 Å². The Labute approximate surface area is 163 Å². The van der Waals surface area contributed by atoms with E-state index in [2.05, 4.69) is 16.5 Å². The molecule has 0 N–H and O–H groups in total. The molecule has 1 aliphatic heterocycles. The number of likely N-dealkylation sites (N-methyl/N-ethyl adjacent to an activating group) is 1. The Hall–Kier alpha value is -2.73. The van der Waals surface area contributed by atoms with Crippen molar-refractivity contribution in [3.63, 3.8) is 0 Å². The lowest BCUT2D eigenvalue weighted by molar-refractivity contribution is -0.113. The fourth-order valence-electron chi connectivity index (χ4n) is 3.16. The molecular formula is C20H21ClN4O2. The van der Waals surface area contributed by atoms with Crippen LogP contribution in [0.1, 0.15) is 22.6 Å². The van der Waals surface area contributed by atoms with Crippen molar-refractivity contribution in [1.29, 1.82) is 0 Å². The van der Waals surface area contributed by atoms with E-state index in [1.165, 1.54) is 11.0 Å². The fraction of sp³-hybridized carbons (Fsp3) is 0.300. The first-order chi connectivity index (χ1) is 13.0. The van der Waals surface area contributed by atoms with Crippen molar-refractivity contribution in [2.24, 2.45) is 5.92 Å². The number of likely N-dealkylation sites (tertiary alicyclic amines) is 1. The zero-order valence-electron chi connectivity index (χ0n) is 15.1. The van der Waals surface area contributed by atoms with E-state index in [0.29, 0.717) is 29.6 Å². The molecule has 1 aliphatic rings. The summed E-state index contributed by atoms with van der Waals surface area (Å²) in [6.45, 7) is 4.88. The van der Waals surface area contributed by atoms with Gasteiger partial charge < -0.3 is 9.80 Å². The second-order valence-corrected chi connectivity index (χ2v) is 7.01. The van der Waals surface area contributed by atoms with E-state index in [0.717, 1.165) is 24.4 Å². The number of carbonyl (C=O) groups excluding carboxylic acids is 2. The van der Waals surface area contributed by atoms with E-state index >= 15 is 0 Å². The van der Waals surface area contributed by atoms with E-state index in [9.17, 15) is 9.59 Å². The molecule has 1 saturated heterocycles. The maximum absolute atomic E-state index is 12.7. The SMILES string of the molecule is C=CC(=O)N(C)c1ccc(C(=O)N2CC[C@@H](Cc3ncc(Cl)cn3)C2)cc1. The summed E-state index contributed by atoms with van der Waals surface area (Å²) in [5.74, 6) is 0.892. The highest BCUT2D eigenvalue weighted by atomic mass is 35.5. The lowest BCUT2D eigenvalue weighted by Crippen LogP contribution is -2.29. The highest BCUT2D eigenvalue weighted by molar-refractivity contribution is 6.30. The Kier molecular flexibility index (Phi) is 5.86. The minimum absolute atomic E-state index is 0.00113. The molecular weight excluding hydrogens is 364 g/mol. The van der Waals surface area contributed by atoms with Gasteiger partial charge in [0.15, 0.2) is 0 Å². The Bertz CT molecular complexity index is 836. The van der Waals surface area contributed by atoms with Crippen LogP contribution in [0.2, 0.25) is 5.02 Å². The van der Waals surface area contributed by atoms with Crippen LogP contribution in [0.4, 0.5) is 5.69 Å². The van der Waals surface area contributed by atoms with Gasteiger partial charge in [-0.1, -0.05) is 18.2 Å². The summed E-state index contributed by atoms with van der Waals surface area (Å²) in [5, 5.41) is 0.519. The Balaban J connectivity index is 1.60. The summed E-state index contributed by atoms with van der Waals surface area (Å²) in [6, 6.07) is 7.04. The molecule has 2 aromatic rings. The Morgan fingerprint density at radius 1 is 1.30 bits per heavy atom. The molecule has 1 atom stereocenters. The summed E-state index contributed by atoms with van der Waals surface area (Å²) in [6.07, 6.45) is 6.10. The molecule has 6 nitrogen and oxygen atoms in total. The number of hydrogen-bond donors (Lipinski definition) is 0. The molecule has 0 bridgehead atoms. The molecule has 1 fully saturated rings. The maximum Gasteiger partial charge on any atom is 0.253 e. The van der Waals surface area contributed by atoms with Gasteiger partial charge >= 0.3 is 0 Å². The van der Waals surface area contributed by atoms with Crippen molar-refractivity contribution < 1.29 is 9.59 Å². The van der Waals surface area contributed by atoms with Crippen LogP contribution in [0.25, 0.3) is 0 Å². The molecule has 0 aliphatic carbocycles. The Morgan fingerprint density at radius 3 is 2.59 bits per heavy atom. The summed E-state index contributed by atoms with van der Waals surface area (Å²) in [7, 11) is 1.67. The molecule has 2 amide bonds. The standard InChI is InChI=1S/C20H21ClN4O2/c1-3-19(26)24(2)17-6-4-15(5-7-17)20(27)25-9-8-14(13-25)10-18-22-11-16(21)12-23-18/h3-7,11-12,14H,1,8-10,13H2,2H3/t14-/m0/s1. The van der Waals surface area contributed by atoms with E-state index in [1.807, 2.05) is 4.90 Å². The van der Waals surface area contributed by atoms with Crippen LogP contribution in [-0.4, -0.2) is 46.8 Å². The van der Waals surface area contributed by atoms with Crippen LogP contribution in [0.5, 0.6) is 0 Å². The van der Waals surface area contributed by atoms with Crippen LogP contribution >= 0.6 is 11.6 Å². The molecule has 3 rings (SSSR count). The van der Waals surface area contributed by atoms with E-state index < -0.39 is 0 Å². The number of hydrogen-bond acceptors (Lipinski definition) is 4. The van der Waals surface area contributed by atoms with Crippen molar-refractivity contribution in [3.8, 4) is 0 Å². The largest absolute Gasteiger partial charge is 0.338 e. The molecule has 2 heterocycles. The summed E-state index contributed by atoms with van der Waals surface area (Å²) < 4.78 is 0. The highest BCUT2D eigenvalue weighted by Gasteiger charge is 2.27. The highest BCUT2D eigenvalue weighted by Crippen LogP contribution is 2.23. The van der Waals surface area contributed by atoms with Crippen molar-refractivity contribution in [2.75, 3.05) is 25.0 Å². The van der Waals surface area contributed by atoms with Gasteiger partial charge in [0.25, 0.3) is 5.91 Å². The minimum atomic E-state index is -0.194. The number of nitrogens with zero attached hydrogens (tertiary/aromatic N) is 4. The van der Waals surface area contributed by atoms with E-state index in [-0.39, 0.29) is 11.8 Å². The summed E-state index contributed by atoms with van der Waals surface area (Å²) in [5.41, 5.74) is 1.33. The van der Waals surface area contributed by atoms with Crippen molar-refractivity contribution in [1.82, 2.24) is 14.9 Å². The lowest BCUT2D eigenvalue weighted by Gasteiger charge is -2.18. The van der Waals surface area contributed by atoms with Crippen LogP contribution < -0.4 is 4.90 Å². The maximum atomic E-state index is 12.7. The normalized spacial score (nSPS) is 16.2. The van der Waals surface area contributed by atoms with E-state index in [1.54, 1.807) is 43.7 Å². The predicted molar refractivity (Wildman–Crippen MR) is 105 cm³/mol. The molecule has 1 aromatic heterocycles. The van der Waals surface area contributed by atoms with E-state index in [4.69, 9.17) is 11.6 Å². The first kappa shape index (κ1) is 19.0. The zero-order valence-corrected chi connectivity index (χ0v) is 15.9. The van der Waals surface area contributed by atoms with Gasteiger partial charge in [-0.15, -0.1) is 0 Å². The number of rotatable bonds is 5. The first-order valence-corrected chi connectivity index (χ1v) is 9.11. The number of benzene rings is 1. The first-order valence-electron chi connectivity index (χ1n) is 8.74. The summed E-state index contributed by atoms with van der Waals surface area (Å²) >= 11 is 5.81. The van der Waals surface area contributed by atoms with Crippen LogP contribution in [0.3, 0.4) is 0 Å². The molecule has 27 heavy (non-hydrogen) atoms. The van der Waals surface area contributed by atoms with Crippen molar-refractivity contribution in [2.45, 2.75) is 12.8 Å².